The van der Waals surface area contributed by atoms with Crippen molar-refractivity contribution in [3.05, 3.63) is 39.9 Å². The first-order chi connectivity index (χ1) is 10.5. The highest BCUT2D eigenvalue weighted by Crippen LogP contribution is 2.51. The van der Waals surface area contributed by atoms with E-state index in [0.717, 1.165) is 31.4 Å². The zero-order chi connectivity index (χ0) is 15.7. The molecule has 0 heterocycles. The average Bonchev–Trinajstić information content (AvgIpc) is 3.07. The zero-order valence-corrected chi connectivity index (χ0v) is 12.4. The first kappa shape index (κ1) is 15.0. The van der Waals surface area contributed by atoms with Crippen molar-refractivity contribution < 1.29 is 9.72 Å². The first-order valence-corrected chi connectivity index (χ1v) is 7.78. The number of nitrogens with two attached hydrogens (primary N) is 1. The lowest BCUT2D eigenvalue weighted by Crippen LogP contribution is -2.33. The highest BCUT2D eigenvalue weighted by atomic mass is 16.6. The number of amides is 1. The van der Waals surface area contributed by atoms with Crippen molar-refractivity contribution in [3.63, 3.8) is 0 Å². The molecule has 2 saturated carbocycles. The van der Waals surface area contributed by atoms with Gasteiger partial charge in [-0.3, -0.25) is 14.9 Å². The number of hydrogen-bond acceptors (Lipinski definition) is 4. The number of benzene rings is 1. The van der Waals surface area contributed by atoms with Crippen molar-refractivity contribution in [1.29, 1.82) is 0 Å². The summed E-state index contributed by atoms with van der Waals surface area (Å²) < 4.78 is 0. The molecule has 0 radical (unpaired) electrons. The Balaban J connectivity index is 1.48. The minimum atomic E-state index is -0.372. The van der Waals surface area contributed by atoms with Crippen LogP contribution in [0.15, 0.2) is 24.3 Å². The highest BCUT2D eigenvalue weighted by Gasteiger charge is 2.47. The van der Waals surface area contributed by atoms with E-state index in [1.807, 2.05) is 6.07 Å². The molecule has 3 N–H and O–H groups in total. The van der Waals surface area contributed by atoms with Gasteiger partial charge in [0.2, 0.25) is 5.91 Å². The fourth-order valence-electron chi connectivity index (χ4n) is 4.18. The van der Waals surface area contributed by atoms with Crippen LogP contribution in [-0.4, -0.2) is 17.4 Å². The normalized spacial score (nSPS) is 29.6. The van der Waals surface area contributed by atoms with E-state index in [0.29, 0.717) is 24.3 Å². The molecule has 4 unspecified atom stereocenters. The molecule has 6 heteroatoms. The summed E-state index contributed by atoms with van der Waals surface area (Å²) in [5.41, 5.74) is 6.49. The van der Waals surface area contributed by atoms with E-state index in [2.05, 4.69) is 5.32 Å². The predicted molar refractivity (Wildman–Crippen MR) is 81.8 cm³/mol. The van der Waals surface area contributed by atoms with Gasteiger partial charge >= 0.3 is 0 Å². The standard InChI is InChI=1S/C16H21N3O3/c17-16(20)15-7-11-5-12(15)6-13(11)9-18-8-10-2-1-3-14(4-10)19(21)22/h1-4,11-13,15,18H,5-9H2,(H2,17,20). The van der Waals surface area contributed by atoms with E-state index in [1.54, 1.807) is 12.1 Å². The van der Waals surface area contributed by atoms with E-state index in [4.69, 9.17) is 5.73 Å². The van der Waals surface area contributed by atoms with E-state index in [-0.39, 0.29) is 22.4 Å². The van der Waals surface area contributed by atoms with Gasteiger partial charge in [-0.25, -0.2) is 0 Å². The Hall–Kier alpha value is -1.95. The van der Waals surface area contributed by atoms with Crippen LogP contribution in [0.1, 0.15) is 24.8 Å². The second-order valence-electron chi connectivity index (χ2n) is 6.55. The van der Waals surface area contributed by atoms with Crippen molar-refractivity contribution in [2.24, 2.45) is 29.4 Å². The molecule has 0 spiro atoms. The van der Waals surface area contributed by atoms with Crippen LogP contribution in [0.25, 0.3) is 0 Å². The number of rotatable bonds is 6. The molecule has 0 saturated heterocycles. The number of non-ortho nitro benzene ring substituents is 1. The Morgan fingerprint density at radius 3 is 2.77 bits per heavy atom. The van der Waals surface area contributed by atoms with Gasteiger partial charge in [0.1, 0.15) is 0 Å². The fraction of sp³-hybridized carbons (Fsp3) is 0.562. The van der Waals surface area contributed by atoms with E-state index in [1.165, 1.54) is 6.07 Å². The summed E-state index contributed by atoms with van der Waals surface area (Å²) in [6.07, 6.45) is 3.13. The minimum Gasteiger partial charge on any atom is -0.369 e. The predicted octanol–water partition coefficient (Wildman–Crippen LogP) is 1.83. The summed E-state index contributed by atoms with van der Waals surface area (Å²) in [7, 11) is 0. The van der Waals surface area contributed by atoms with Gasteiger partial charge in [-0.2, -0.15) is 0 Å². The van der Waals surface area contributed by atoms with E-state index in [9.17, 15) is 14.9 Å². The Morgan fingerprint density at radius 2 is 2.14 bits per heavy atom. The number of carbonyl (C=O) groups is 1. The van der Waals surface area contributed by atoms with Crippen molar-refractivity contribution >= 4 is 11.6 Å². The van der Waals surface area contributed by atoms with E-state index >= 15 is 0 Å². The lowest BCUT2D eigenvalue weighted by molar-refractivity contribution is -0.384. The zero-order valence-electron chi connectivity index (χ0n) is 12.4. The Morgan fingerprint density at radius 1 is 1.32 bits per heavy atom. The third kappa shape index (κ3) is 2.97. The lowest BCUT2D eigenvalue weighted by atomic mass is 9.81. The monoisotopic (exact) mass is 303 g/mol. The molecule has 2 fully saturated rings. The average molecular weight is 303 g/mol. The molecule has 1 aromatic carbocycles. The maximum absolute atomic E-state index is 11.3. The lowest BCUT2D eigenvalue weighted by Gasteiger charge is -2.26. The van der Waals surface area contributed by atoms with Gasteiger partial charge in [0.25, 0.3) is 5.69 Å². The molecule has 6 nitrogen and oxygen atoms in total. The van der Waals surface area contributed by atoms with Crippen LogP contribution in [0, 0.1) is 33.8 Å². The van der Waals surface area contributed by atoms with Crippen LogP contribution in [-0.2, 0) is 11.3 Å². The summed E-state index contributed by atoms with van der Waals surface area (Å²) in [6, 6.07) is 6.72. The second kappa shape index (κ2) is 6.04. The van der Waals surface area contributed by atoms with Crippen molar-refractivity contribution in [2.45, 2.75) is 25.8 Å². The molecule has 22 heavy (non-hydrogen) atoms. The molecule has 3 rings (SSSR count). The smallest absolute Gasteiger partial charge is 0.269 e. The molecule has 2 bridgehead atoms. The Bertz CT molecular complexity index is 590. The number of fused-ring (bicyclic) bond motifs is 2. The number of primary amides is 1. The summed E-state index contributed by atoms with van der Waals surface area (Å²) >= 11 is 0. The van der Waals surface area contributed by atoms with Crippen molar-refractivity contribution in [1.82, 2.24) is 5.32 Å². The molecule has 0 aliphatic heterocycles. The first-order valence-electron chi connectivity index (χ1n) is 7.78. The van der Waals surface area contributed by atoms with Crippen LogP contribution in [0.4, 0.5) is 5.69 Å². The number of nitro groups is 1. The van der Waals surface area contributed by atoms with Gasteiger partial charge in [0.05, 0.1) is 4.92 Å². The molecule has 4 atom stereocenters. The number of nitrogens with zero attached hydrogens (tertiary/aromatic N) is 1. The van der Waals surface area contributed by atoms with Crippen LogP contribution < -0.4 is 11.1 Å². The minimum absolute atomic E-state index is 0.0815. The van der Waals surface area contributed by atoms with E-state index < -0.39 is 0 Å². The van der Waals surface area contributed by atoms with Gasteiger partial charge in [0.15, 0.2) is 0 Å². The van der Waals surface area contributed by atoms with Gasteiger partial charge in [-0.15, -0.1) is 0 Å². The van der Waals surface area contributed by atoms with Gasteiger partial charge < -0.3 is 11.1 Å². The summed E-state index contributed by atoms with van der Waals surface area (Å²) in [5, 5.41) is 14.2. The number of carbonyl (C=O) groups excluding carboxylic acids is 1. The molecular formula is C16H21N3O3. The maximum Gasteiger partial charge on any atom is 0.269 e. The third-order valence-corrected chi connectivity index (χ3v) is 5.23. The number of hydrogen-bond donors (Lipinski definition) is 2. The Kier molecular flexibility index (Phi) is 4.11. The summed E-state index contributed by atoms with van der Waals surface area (Å²) in [4.78, 5) is 21.7. The third-order valence-electron chi connectivity index (χ3n) is 5.23. The number of nitrogens with one attached hydrogen (secondary N) is 1. The fourth-order valence-corrected chi connectivity index (χ4v) is 4.18. The van der Waals surface area contributed by atoms with Crippen LogP contribution in [0.5, 0.6) is 0 Å². The molecule has 2 aliphatic carbocycles. The highest BCUT2D eigenvalue weighted by molar-refractivity contribution is 5.77. The topological polar surface area (TPSA) is 98.3 Å². The molecule has 2 aliphatic rings. The summed E-state index contributed by atoms with van der Waals surface area (Å²) in [5.74, 6) is 1.60. The molecule has 1 aromatic rings. The van der Waals surface area contributed by atoms with Gasteiger partial charge in [-0.05, 0) is 49.1 Å². The second-order valence-corrected chi connectivity index (χ2v) is 6.55. The quantitative estimate of drug-likeness (QED) is 0.618. The van der Waals surface area contributed by atoms with Gasteiger partial charge in [-0.1, -0.05) is 12.1 Å². The molecule has 118 valence electrons. The van der Waals surface area contributed by atoms with Crippen LogP contribution >= 0.6 is 0 Å². The van der Waals surface area contributed by atoms with Crippen molar-refractivity contribution in [2.75, 3.05) is 6.54 Å². The van der Waals surface area contributed by atoms with Gasteiger partial charge in [0, 0.05) is 24.6 Å². The SMILES string of the molecule is NC(=O)C1CC2CC1CC2CNCc1cccc([N+](=O)[O-])c1. The largest absolute Gasteiger partial charge is 0.369 e. The number of nitro benzene ring substituents is 1. The molecule has 1 amide bonds. The summed E-state index contributed by atoms with van der Waals surface area (Å²) in [6.45, 7) is 1.53. The van der Waals surface area contributed by atoms with Crippen LogP contribution in [0.3, 0.4) is 0 Å². The molecule has 0 aromatic heterocycles. The van der Waals surface area contributed by atoms with Crippen LogP contribution in [0.2, 0.25) is 0 Å². The Labute approximate surface area is 129 Å². The molecular weight excluding hydrogens is 282 g/mol. The maximum atomic E-state index is 11.3. The van der Waals surface area contributed by atoms with Crippen molar-refractivity contribution in [3.8, 4) is 0 Å².